The van der Waals surface area contributed by atoms with E-state index in [1.807, 2.05) is 23.0 Å². The average Bonchev–Trinajstić information content (AvgIpc) is 2.85. The van der Waals surface area contributed by atoms with Gasteiger partial charge in [-0.05, 0) is 36.3 Å². The van der Waals surface area contributed by atoms with Crippen molar-refractivity contribution >= 4 is 11.3 Å². The number of nitrogens with zero attached hydrogens (tertiary/aromatic N) is 3. The van der Waals surface area contributed by atoms with Gasteiger partial charge in [0.15, 0.2) is 0 Å². The molecule has 3 nitrogen and oxygen atoms in total. The molecule has 0 aliphatic heterocycles. The first-order chi connectivity index (χ1) is 7.36. The van der Waals surface area contributed by atoms with Crippen LogP contribution in [0.25, 0.3) is 0 Å². The van der Waals surface area contributed by atoms with Crippen molar-refractivity contribution in [2.24, 2.45) is 7.05 Å². The minimum atomic E-state index is 0.465. The first kappa shape index (κ1) is 9.09. The fourth-order valence-corrected chi connectivity index (χ4v) is 3.35. The monoisotopic (exact) mass is 219 g/mol. The predicted octanol–water partition coefficient (Wildman–Crippen LogP) is 2.34. The van der Waals surface area contributed by atoms with Crippen LogP contribution in [0.3, 0.4) is 0 Å². The molecule has 1 aliphatic rings. The zero-order valence-corrected chi connectivity index (χ0v) is 9.50. The summed E-state index contributed by atoms with van der Waals surface area (Å²) in [6.45, 7) is 0. The van der Waals surface area contributed by atoms with E-state index in [0.29, 0.717) is 5.92 Å². The maximum Gasteiger partial charge on any atom is 0.140 e. The molecule has 4 heteroatoms. The Bertz CT molecular complexity index is 472. The minimum Gasteiger partial charge on any atom is -0.320 e. The van der Waals surface area contributed by atoms with Gasteiger partial charge in [-0.25, -0.2) is 0 Å². The van der Waals surface area contributed by atoms with Crippen LogP contribution in [0.15, 0.2) is 17.8 Å². The maximum atomic E-state index is 4.24. The summed E-state index contributed by atoms with van der Waals surface area (Å²) in [4.78, 5) is 1.54. The summed E-state index contributed by atoms with van der Waals surface area (Å²) in [5, 5.41) is 10.4. The van der Waals surface area contributed by atoms with Crippen LogP contribution < -0.4 is 0 Å². The van der Waals surface area contributed by atoms with Crippen LogP contribution in [-0.2, 0) is 13.5 Å². The molecule has 0 amide bonds. The van der Waals surface area contributed by atoms with Crippen LogP contribution in [0.1, 0.15) is 35.0 Å². The summed E-state index contributed by atoms with van der Waals surface area (Å²) in [6.07, 6.45) is 5.50. The molecule has 0 saturated carbocycles. The van der Waals surface area contributed by atoms with E-state index in [-0.39, 0.29) is 0 Å². The molecule has 0 spiro atoms. The number of rotatable bonds is 1. The quantitative estimate of drug-likeness (QED) is 0.737. The van der Waals surface area contributed by atoms with E-state index in [4.69, 9.17) is 0 Å². The van der Waals surface area contributed by atoms with Crippen LogP contribution >= 0.6 is 11.3 Å². The van der Waals surface area contributed by atoms with Gasteiger partial charge in [-0.15, -0.1) is 21.5 Å². The zero-order valence-electron chi connectivity index (χ0n) is 8.68. The van der Waals surface area contributed by atoms with E-state index in [2.05, 4.69) is 21.6 Å². The minimum absolute atomic E-state index is 0.465. The molecule has 1 atom stereocenters. The molecule has 3 rings (SSSR count). The Labute approximate surface area is 92.8 Å². The molecule has 2 aromatic heterocycles. The van der Waals surface area contributed by atoms with Gasteiger partial charge in [0, 0.05) is 17.8 Å². The zero-order chi connectivity index (χ0) is 10.3. The maximum absolute atomic E-state index is 4.24. The molecular formula is C11H13N3S. The fourth-order valence-electron chi connectivity index (χ4n) is 2.36. The highest BCUT2D eigenvalue weighted by Gasteiger charge is 2.25. The summed E-state index contributed by atoms with van der Waals surface area (Å²) in [5.41, 5.74) is 1.47. The van der Waals surface area contributed by atoms with Crippen LogP contribution in [0.2, 0.25) is 0 Å². The molecule has 0 N–H and O–H groups in total. The molecule has 0 radical (unpaired) electrons. The van der Waals surface area contributed by atoms with Crippen LogP contribution in [0, 0.1) is 0 Å². The Balaban J connectivity index is 2.07. The SMILES string of the molecule is Cn1cnnc1C1CCCc2sccc21. The fraction of sp³-hybridized carbons (Fsp3) is 0.455. The van der Waals surface area contributed by atoms with Crippen molar-refractivity contribution in [3.8, 4) is 0 Å². The molecule has 0 bridgehead atoms. The van der Waals surface area contributed by atoms with Gasteiger partial charge in [-0.1, -0.05) is 0 Å². The van der Waals surface area contributed by atoms with Gasteiger partial charge in [0.05, 0.1) is 0 Å². The van der Waals surface area contributed by atoms with E-state index in [9.17, 15) is 0 Å². The van der Waals surface area contributed by atoms with Crippen molar-refractivity contribution < 1.29 is 0 Å². The number of hydrogen-bond donors (Lipinski definition) is 0. The van der Waals surface area contributed by atoms with E-state index in [0.717, 1.165) is 5.82 Å². The van der Waals surface area contributed by atoms with Gasteiger partial charge in [0.2, 0.25) is 0 Å². The second-order valence-corrected chi connectivity index (χ2v) is 5.04. The summed E-state index contributed by atoms with van der Waals surface area (Å²) >= 11 is 1.87. The van der Waals surface area contributed by atoms with Crippen molar-refractivity contribution in [1.82, 2.24) is 14.8 Å². The van der Waals surface area contributed by atoms with E-state index < -0.39 is 0 Å². The van der Waals surface area contributed by atoms with Crippen molar-refractivity contribution in [3.05, 3.63) is 34.0 Å². The van der Waals surface area contributed by atoms with Gasteiger partial charge < -0.3 is 4.57 Å². The third-order valence-electron chi connectivity index (χ3n) is 3.11. The van der Waals surface area contributed by atoms with Gasteiger partial charge in [-0.3, -0.25) is 0 Å². The van der Waals surface area contributed by atoms with E-state index in [1.54, 1.807) is 6.33 Å². The van der Waals surface area contributed by atoms with Crippen LogP contribution in [-0.4, -0.2) is 14.8 Å². The lowest BCUT2D eigenvalue weighted by atomic mass is 9.87. The molecule has 0 aromatic carbocycles. The van der Waals surface area contributed by atoms with Crippen molar-refractivity contribution in [2.75, 3.05) is 0 Å². The first-order valence-corrected chi connectivity index (χ1v) is 6.14. The lowest BCUT2D eigenvalue weighted by Gasteiger charge is -2.21. The topological polar surface area (TPSA) is 30.7 Å². The van der Waals surface area contributed by atoms with Gasteiger partial charge in [0.25, 0.3) is 0 Å². The molecule has 0 fully saturated rings. The van der Waals surface area contributed by atoms with Gasteiger partial charge >= 0.3 is 0 Å². The number of aryl methyl sites for hydroxylation is 2. The summed E-state index contributed by atoms with van der Waals surface area (Å²) in [5.74, 6) is 1.57. The molecule has 2 heterocycles. The molecule has 78 valence electrons. The highest BCUT2D eigenvalue weighted by atomic mass is 32.1. The van der Waals surface area contributed by atoms with Crippen LogP contribution in [0.5, 0.6) is 0 Å². The van der Waals surface area contributed by atoms with E-state index in [1.165, 1.54) is 29.7 Å². The molecule has 15 heavy (non-hydrogen) atoms. The Morgan fingerprint density at radius 1 is 1.53 bits per heavy atom. The second kappa shape index (κ2) is 3.45. The Hall–Kier alpha value is -1.16. The number of aromatic nitrogens is 3. The molecular weight excluding hydrogens is 206 g/mol. The molecule has 0 saturated heterocycles. The van der Waals surface area contributed by atoms with Gasteiger partial charge in [0.1, 0.15) is 12.2 Å². The normalized spacial score (nSPS) is 20.2. The van der Waals surface area contributed by atoms with Gasteiger partial charge in [-0.2, -0.15) is 0 Å². The predicted molar refractivity (Wildman–Crippen MR) is 60.1 cm³/mol. The lowest BCUT2D eigenvalue weighted by Crippen LogP contribution is -2.12. The largest absolute Gasteiger partial charge is 0.320 e. The molecule has 2 aromatic rings. The van der Waals surface area contributed by atoms with E-state index >= 15 is 0 Å². The molecule has 1 aliphatic carbocycles. The number of thiophene rings is 1. The highest BCUT2D eigenvalue weighted by Crippen LogP contribution is 2.37. The summed E-state index contributed by atoms with van der Waals surface area (Å²) in [7, 11) is 2.02. The lowest BCUT2D eigenvalue weighted by molar-refractivity contribution is 0.579. The second-order valence-electron chi connectivity index (χ2n) is 4.04. The Morgan fingerprint density at radius 2 is 2.47 bits per heavy atom. The average molecular weight is 219 g/mol. The standard InChI is InChI=1S/C11H13N3S/c1-14-7-12-13-11(14)9-3-2-4-10-8(9)5-6-15-10/h5-7,9H,2-4H2,1H3. The third kappa shape index (κ3) is 1.40. The first-order valence-electron chi connectivity index (χ1n) is 5.26. The highest BCUT2D eigenvalue weighted by molar-refractivity contribution is 7.10. The summed E-state index contributed by atoms with van der Waals surface area (Å²) < 4.78 is 2.04. The molecule has 1 unspecified atom stereocenters. The Morgan fingerprint density at radius 3 is 3.27 bits per heavy atom. The van der Waals surface area contributed by atoms with Crippen molar-refractivity contribution in [2.45, 2.75) is 25.2 Å². The third-order valence-corrected chi connectivity index (χ3v) is 4.11. The van der Waals surface area contributed by atoms with Crippen molar-refractivity contribution in [1.29, 1.82) is 0 Å². The number of fused-ring (bicyclic) bond motifs is 1. The van der Waals surface area contributed by atoms with Crippen molar-refractivity contribution in [3.63, 3.8) is 0 Å². The van der Waals surface area contributed by atoms with Crippen LogP contribution in [0.4, 0.5) is 0 Å². The number of hydrogen-bond acceptors (Lipinski definition) is 3. The Kier molecular flexibility index (Phi) is 2.09. The summed E-state index contributed by atoms with van der Waals surface area (Å²) in [6, 6.07) is 2.25. The smallest absolute Gasteiger partial charge is 0.140 e.